The third kappa shape index (κ3) is 2.50. The molecule has 3 unspecified atom stereocenters. The van der Waals surface area contributed by atoms with Crippen LogP contribution in [0.5, 0.6) is 0 Å². The average Bonchev–Trinajstić information content (AvgIpc) is 2.08. The second-order valence-electron chi connectivity index (χ2n) is 2.89. The van der Waals surface area contributed by atoms with Crippen molar-refractivity contribution in [3.63, 3.8) is 0 Å². The summed E-state index contributed by atoms with van der Waals surface area (Å²) in [5.41, 5.74) is 3.41. The van der Waals surface area contributed by atoms with E-state index in [2.05, 4.69) is 5.73 Å². The molecule has 5 atom stereocenters. The molecule has 1 aliphatic heterocycles. The molecule has 0 aromatic rings. The number of rotatable bonds is 1. The third-order valence-electron chi connectivity index (χ3n) is 2.03. The number of ether oxygens (including phenoxy) is 1. The number of aliphatic hydroxyl groups is 4. The highest BCUT2D eigenvalue weighted by Gasteiger charge is 2.43. The van der Waals surface area contributed by atoms with Crippen LogP contribution in [-0.4, -0.2) is 57.7 Å². The van der Waals surface area contributed by atoms with Crippen molar-refractivity contribution < 1.29 is 43.3 Å². The summed E-state index contributed by atoms with van der Waals surface area (Å²) in [6.07, 6.45) is -4.53. The molecule has 0 spiro atoms. The zero-order chi connectivity index (χ0) is 9.30. The Kier molecular flexibility index (Phi) is 5.08. The van der Waals surface area contributed by atoms with Crippen molar-refractivity contribution in [2.45, 2.75) is 30.6 Å². The second-order valence-corrected chi connectivity index (χ2v) is 2.89. The van der Waals surface area contributed by atoms with Gasteiger partial charge in [-0.25, -0.2) is 0 Å². The van der Waals surface area contributed by atoms with E-state index in [9.17, 15) is 10.2 Å². The van der Waals surface area contributed by atoms with Crippen LogP contribution in [0.25, 0.3) is 0 Å². The minimum Gasteiger partial charge on any atom is -1.00 e. The summed E-state index contributed by atoms with van der Waals surface area (Å²) in [4.78, 5) is 0. The van der Waals surface area contributed by atoms with Gasteiger partial charge in [0.2, 0.25) is 6.29 Å². The lowest BCUT2D eigenvalue weighted by Gasteiger charge is -2.36. The Morgan fingerprint density at radius 1 is 1.15 bits per heavy atom. The van der Waals surface area contributed by atoms with E-state index < -0.39 is 37.3 Å². The van der Waals surface area contributed by atoms with Gasteiger partial charge in [-0.15, -0.1) is 0 Å². The summed E-state index contributed by atoms with van der Waals surface area (Å²) in [7, 11) is 0. The SMILES string of the molecule is [Cl-].[NH3+][C@H]1C(O)OC(CO)[C@@H](O)C1O. The molecule has 1 heterocycles. The van der Waals surface area contributed by atoms with Gasteiger partial charge < -0.3 is 43.3 Å². The van der Waals surface area contributed by atoms with Gasteiger partial charge in [-0.05, 0) is 0 Å². The van der Waals surface area contributed by atoms with E-state index in [4.69, 9.17) is 14.9 Å². The molecule has 0 bridgehead atoms. The fourth-order valence-electron chi connectivity index (χ4n) is 1.15. The van der Waals surface area contributed by atoms with Crippen molar-refractivity contribution in [2.75, 3.05) is 6.61 Å². The van der Waals surface area contributed by atoms with Crippen LogP contribution in [0.15, 0.2) is 0 Å². The zero-order valence-corrected chi connectivity index (χ0v) is 7.63. The lowest BCUT2D eigenvalue weighted by atomic mass is 9.98. The van der Waals surface area contributed by atoms with Gasteiger partial charge >= 0.3 is 0 Å². The van der Waals surface area contributed by atoms with Crippen LogP contribution in [-0.2, 0) is 4.74 Å². The summed E-state index contributed by atoms with van der Waals surface area (Å²) in [5, 5.41) is 36.3. The molecule has 0 saturated carbocycles. The van der Waals surface area contributed by atoms with Crippen LogP contribution in [0, 0.1) is 0 Å². The first-order chi connectivity index (χ1) is 5.57. The largest absolute Gasteiger partial charge is 1.00 e. The molecule has 0 aliphatic carbocycles. The predicted molar refractivity (Wildman–Crippen MR) is 36.7 cm³/mol. The summed E-state index contributed by atoms with van der Waals surface area (Å²) in [6, 6.07) is -0.789. The van der Waals surface area contributed by atoms with Gasteiger partial charge in [0.1, 0.15) is 18.3 Å². The van der Waals surface area contributed by atoms with E-state index in [1.165, 1.54) is 0 Å². The second kappa shape index (κ2) is 5.06. The summed E-state index contributed by atoms with van der Waals surface area (Å²) in [6.45, 7) is -0.442. The van der Waals surface area contributed by atoms with Crippen LogP contribution in [0.1, 0.15) is 0 Å². The lowest BCUT2D eigenvalue weighted by Crippen LogP contribution is -3.00. The van der Waals surface area contributed by atoms with E-state index in [0.29, 0.717) is 0 Å². The van der Waals surface area contributed by atoms with Crippen LogP contribution in [0.3, 0.4) is 0 Å². The molecule has 7 heteroatoms. The maximum absolute atomic E-state index is 9.25. The highest BCUT2D eigenvalue weighted by Crippen LogP contribution is 2.16. The molecular weight excluding hydrogens is 202 g/mol. The van der Waals surface area contributed by atoms with Gasteiger partial charge in [-0.2, -0.15) is 0 Å². The predicted octanol–water partition coefficient (Wildman–Crippen LogP) is -6.97. The van der Waals surface area contributed by atoms with Gasteiger partial charge in [-0.1, -0.05) is 0 Å². The minimum atomic E-state index is -1.24. The van der Waals surface area contributed by atoms with E-state index >= 15 is 0 Å². The van der Waals surface area contributed by atoms with Crippen LogP contribution in [0.4, 0.5) is 0 Å². The number of hydrogen-bond acceptors (Lipinski definition) is 5. The van der Waals surface area contributed by atoms with Crippen molar-refractivity contribution in [3.05, 3.63) is 0 Å². The fraction of sp³-hybridized carbons (Fsp3) is 1.00. The van der Waals surface area contributed by atoms with Crippen molar-refractivity contribution in [3.8, 4) is 0 Å². The van der Waals surface area contributed by atoms with Crippen LogP contribution in [0.2, 0.25) is 0 Å². The minimum absolute atomic E-state index is 0. The van der Waals surface area contributed by atoms with E-state index in [1.54, 1.807) is 0 Å². The zero-order valence-electron chi connectivity index (χ0n) is 6.88. The Hall–Kier alpha value is 0.0500. The topological polar surface area (TPSA) is 118 Å². The molecule has 0 amide bonds. The summed E-state index contributed by atoms with van der Waals surface area (Å²) < 4.78 is 4.76. The van der Waals surface area contributed by atoms with Crippen LogP contribution < -0.4 is 18.1 Å². The highest BCUT2D eigenvalue weighted by atomic mass is 35.5. The van der Waals surface area contributed by atoms with Crippen LogP contribution >= 0.6 is 0 Å². The summed E-state index contributed by atoms with van der Waals surface area (Å²) in [5.74, 6) is 0. The molecule has 1 rings (SSSR count). The lowest BCUT2D eigenvalue weighted by molar-refractivity contribution is -0.497. The standard InChI is InChI=1S/C6H13NO5.ClH/c7-3-5(10)4(9)2(1-8)12-6(3)11;/h2-6,8-11H,1,7H2;1H/t2?,3-,4-,5?,6?;/m1./s1. The first-order valence-corrected chi connectivity index (χ1v) is 3.71. The van der Waals surface area contributed by atoms with Gasteiger partial charge in [0.15, 0.2) is 6.04 Å². The molecule has 80 valence electrons. The maximum Gasteiger partial charge on any atom is 0.211 e. The molecule has 1 aliphatic rings. The Balaban J connectivity index is 0.00000144. The van der Waals surface area contributed by atoms with Crippen molar-refractivity contribution in [2.24, 2.45) is 0 Å². The maximum atomic E-state index is 9.25. The molecule has 0 aromatic carbocycles. The van der Waals surface area contributed by atoms with E-state index in [-0.39, 0.29) is 12.4 Å². The van der Waals surface area contributed by atoms with Crippen molar-refractivity contribution >= 4 is 0 Å². The molecular formula is C6H14ClNO5. The Bertz CT molecular complexity index is 155. The molecule has 1 saturated heterocycles. The Labute approximate surface area is 81.3 Å². The normalized spacial score (nSPS) is 45.5. The number of halogens is 1. The number of hydrogen-bond donors (Lipinski definition) is 5. The fourth-order valence-corrected chi connectivity index (χ4v) is 1.15. The summed E-state index contributed by atoms with van der Waals surface area (Å²) >= 11 is 0. The van der Waals surface area contributed by atoms with Gasteiger partial charge in [0, 0.05) is 0 Å². The quantitative estimate of drug-likeness (QED) is 0.298. The molecule has 0 aromatic heterocycles. The number of quaternary nitrogens is 1. The Morgan fingerprint density at radius 2 is 1.69 bits per heavy atom. The molecule has 13 heavy (non-hydrogen) atoms. The smallest absolute Gasteiger partial charge is 0.211 e. The van der Waals surface area contributed by atoms with Crippen molar-refractivity contribution in [1.29, 1.82) is 0 Å². The number of aliphatic hydroxyl groups excluding tert-OH is 4. The first-order valence-electron chi connectivity index (χ1n) is 3.71. The van der Waals surface area contributed by atoms with E-state index in [0.717, 1.165) is 0 Å². The third-order valence-corrected chi connectivity index (χ3v) is 2.03. The highest BCUT2D eigenvalue weighted by molar-refractivity contribution is 4.87. The van der Waals surface area contributed by atoms with Gasteiger partial charge in [0.25, 0.3) is 0 Å². The monoisotopic (exact) mass is 215 g/mol. The average molecular weight is 216 g/mol. The van der Waals surface area contributed by atoms with E-state index in [1.807, 2.05) is 0 Å². The van der Waals surface area contributed by atoms with Crippen molar-refractivity contribution in [1.82, 2.24) is 0 Å². The Morgan fingerprint density at radius 3 is 2.15 bits per heavy atom. The molecule has 7 N–H and O–H groups in total. The molecule has 6 nitrogen and oxygen atoms in total. The van der Waals surface area contributed by atoms with Gasteiger partial charge in [0.05, 0.1) is 6.61 Å². The first kappa shape index (κ1) is 13.1. The molecule has 0 radical (unpaired) electrons. The molecule has 1 fully saturated rings. The van der Waals surface area contributed by atoms with Gasteiger partial charge in [-0.3, -0.25) is 0 Å².